The average molecular weight is 279 g/mol. The van der Waals surface area contributed by atoms with Crippen molar-refractivity contribution in [2.75, 3.05) is 38.2 Å². The Hall–Kier alpha value is -1.66. The maximum absolute atomic E-state index is 14.2. The number of ether oxygens (including phenoxy) is 1. The van der Waals surface area contributed by atoms with Gasteiger partial charge >= 0.3 is 0 Å². The van der Waals surface area contributed by atoms with Gasteiger partial charge in [0.2, 0.25) is 5.89 Å². The molecule has 0 spiro atoms. The highest BCUT2D eigenvalue weighted by Crippen LogP contribution is 2.28. The fourth-order valence-electron chi connectivity index (χ4n) is 2.38. The SMILES string of the molecule is COC(C)c1nc2cc(F)c(N3CCNCC3)cc2o1. The fraction of sp³-hybridized carbons (Fsp3) is 0.500. The molecule has 0 amide bonds. The van der Waals surface area contributed by atoms with Gasteiger partial charge in [-0.05, 0) is 6.92 Å². The predicted molar refractivity (Wildman–Crippen MR) is 74.5 cm³/mol. The topological polar surface area (TPSA) is 50.5 Å². The highest BCUT2D eigenvalue weighted by Gasteiger charge is 2.19. The lowest BCUT2D eigenvalue weighted by Gasteiger charge is -2.29. The van der Waals surface area contributed by atoms with Crippen LogP contribution in [0.15, 0.2) is 16.5 Å². The molecule has 1 aromatic carbocycles. The molecule has 0 radical (unpaired) electrons. The zero-order chi connectivity index (χ0) is 14.1. The van der Waals surface area contributed by atoms with Crippen molar-refractivity contribution in [3.8, 4) is 0 Å². The maximum atomic E-state index is 14.2. The van der Waals surface area contributed by atoms with Crippen molar-refractivity contribution < 1.29 is 13.5 Å². The third kappa shape index (κ3) is 2.36. The molecule has 108 valence electrons. The summed E-state index contributed by atoms with van der Waals surface area (Å²) >= 11 is 0. The zero-order valence-corrected chi connectivity index (χ0v) is 11.6. The second-order valence-electron chi connectivity index (χ2n) is 4.94. The molecule has 0 aliphatic carbocycles. The third-order valence-electron chi connectivity index (χ3n) is 3.63. The van der Waals surface area contributed by atoms with Crippen molar-refractivity contribution in [2.24, 2.45) is 0 Å². The number of nitrogens with one attached hydrogen (secondary N) is 1. The van der Waals surface area contributed by atoms with Gasteiger partial charge < -0.3 is 19.4 Å². The highest BCUT2D eigenvalue weighted by atomic mass is 19.1. The minimum Gasteiger partial charge on any atom is -0.438 e. The van der Waals surface area contributed by atoms with E-state index in [0.717, 1.165) is 26.2 Å². The van der Waals surface area contributed by atoms with Crippen molar-refractivity contribution in [1.29, 1.82) is 0 Å². The number of methoxy groups -OCH3 is 1. The minimum absolute atomic E-state index is 0.243. The average Bonchev–Trinajstić information content (AvgIpc) is 2.89. The van der Waals surface area contributed by atoms with Crippen LogP contribution in [0, 0.1) is 5.82 Å². The number of halogens is 1. The number of oxazole rings is 1. The fourth-order valence-corrected chi connectivity index (χ4v) is 2.38. The van der Waals surface area contributed by atoms with E-state index in [1.165, 1.54) is 6.07 Å². The van der Waals surface area contributed by atoms with Crippen LogP contribution in [-0.2, 0) is 4.74 Å². The summed E-state index contributed by atoms with van der Waals surface area (Å²) in [6.07, 6.45) is -0.243. The van der Waals surface area contributed by atoms with Crippen LogP contribution in [0.25, 0.3) is 11.1 Å². The van der Waals surface area contributed by atoms with Crippen LogP contribution in [0.2, 0.25) is 0 Å². The van der Waals surface area contributed by atoms with E-state index in [-0.39, 0.29) is 11.9 Å². The largest absolute Gasteiger partial charge is 0.438 e. The van der Waals surface area contributed by atoms with Crippen LogP contribution in [-0.4, -0.2) is 38.3 Å². The molecule has 0 bridgehead atoms. The first-order valence-corrected chi connectivity index (χ1v) is 6.77. The molecule has 1 aromatic heterocycles. The monoisotopic (exact) mass is 279 g/mol. The van der Waals surface area contributed by atoms with E-state index in [9.17, 15) is 4.39 Å². The number of hydrogen-bond donors (Lipinski definition) is 1. The Kier molecular flexibility index (Phi) is 3.58. The van der Waals surface area contributed by atoms with Crippen molar-refractivity contribution in [2.45, 2.75) is 13.0 Å². The molecule has 1 fully saturated rings. The Morgan fingerprint density at radius 3 is 2.85 bits per heavy atom. The lowest BCUT2D eigenvalue weighted by atomic mass is 10.2. The van der Waals surface area contributed by atoms with E-state index in [1.807, 2.05) is 11.8 Å². The molecule has 1 N–H and O–H groups in total. The van der Waals surface area contributed by atoms with Gasteiger partial charge in [-0.3, -0.25) is 0 Å². The summed E-state index contributed by atoms with van der Waals surface area (Å²) in [4.78, 5) is 6.29. The van der Waals surface area contributed by atoms with Crippen LogP contribution in [0.5, 0.6) is 0 Å². The van der Waals surface area contributed by atoms with Crippen molar-refractivity contribution in [1.82, 2.24) is 10.3 Å². The quantitative estimate of drug-likeness (QED) is 0.932. The number of nitrogens with zero attached hydrogens (tertiary/aromatic N) is 2. The minimum atomic E-state index is -0.260. The van der Waals surface area contributed by atoms with Crippen molar-refractivity contribution in [3.05, 3.63) is 23.8 Å². The van der Waals surface area contributed by atoms with Crippen LogP contribution in [0.4, 0.5) is 10.1 Å². The summed E-state index contributed by atoms with van der Waals surface area (Å²) < 4.78 is 25.1. The first-order valence-electron chi connectivity index (χ1n) is 6.77. The molecule has 1 aliphatic heterocycles. The van der Waals surface area contributed by atoms with E-state index < -0.39 is 0 Å². The standard InChI is InChI=1S/C14H18FN3O2/c1-9(19-2)14-17-11-7-10(15)12(8-13(11)20-14)18-5-3-16-4-6-18/h7-9,16H,3-6H2,1-2H3. The van der Waals surface area contributed by atoms with Gasteiger partial charge in [0.25, 0.3) is 0 Å². The second-order valence-corrected chi connectivity index (χ2v) is 4.94. The maximum Gasteiger partial charge on any atom is 0.224 e. The van der Waals surface area contributed by atoms with Gasteiger partial charge in [0.15, 0.2) is 5.58 Å². The van der Waals surface area contributed by atoms with Crippen molar-refractivity contribution in [3.63, 3.8) is 0 Å². The van der Waals surface area contributed by atoms with Gasteiger partial charge in [0.1, 0.15) is 17.4 Å². The number of rotatable bonds is 3. The predicted octanol–water partition coefficient (Wildman–Crippen LogP) is 2.08. The van der Waals surface area contributed by atoms with Gasteiger partial charge in [-0.1, -0.05) is 0 Å². The first-order chi connectivity index (χ1) is 9.69. The van der Waals surface area contributed by atoms with E-state index in [2.05, 4.69) is 10.3 Å². The number of hydrogen-bond acceptors (Lipinski definition) is 5. The van der Waals surface area contributed by atoms with Gasteiger partial charge in [-0.25, -0.2) is 9.37 Å². The molecule has 1 unspecified atom stereocenters. The second kappa shape index (κ2) is 5.38. The Morgan fingerprint density at radius 2 is 2.15 bits per heavy atom. The Balaban J connectivity index is 1.99. The number of piperazine rings is 1. The molecule has 2 heterocycles. The van der Waals surface area contributed by atoms with E-state index in [4.69, 9.17) is 9.15 Å². The normalized spacial score (nSPS) is 17.6. The Morgan fingerprint density at radius 1 is 1.40 bits per heavy atom. The van der Waals surface area contributed by atoms with Gasteiger partial charge in [-0.2, -0.15) is 0 Å². The summed E-state index contributed by atoms with van der Waals surface area (Å²) in [6, 6.07) is 3.16. The van der Waals surface area contributed by atoms with Crippen LogP contribution in [0.1, 0.15) is 18.9 Å². The van der Waals surface area contributed by atoms with Gasteiger partial charge in [-0.15, -0.1) is 0 Å². The van der Waals surface area contributed by atoms with E-state index in [1.54, 1.807) is 13.2 Å². The van der Waals surface area contributed by atoms with Crippen LogP contribution >= 0.6 is 0 Å². The molecular weight excluding hydrogens is 261 g/mol. The number of anilines is 1. The molecule has 2 aromatic rings. The third-order valence-corrected chi connectivity index (χ3v) is 3.63. The van der Waals surface area contributed by atoms with Gasteiger partial charge in [0.05, 0.1) is 5.69 Å². The van der Waals surface area contributed by atoms with Crippen LogP contribution < -0.4 is 10.2 Å². The smallest absolute Gasteiger partial charge is 0.224 e. The first kappa shape index (κ1) is 13.3. The Labute approximate surface area is 116 Å². The summed E-state index contributed by atoms with van der Waals surface area (Å²) in [5.41, 5.74) is 1.70. The molecule has 1 saturated heterocycles. The summed E-state index contributed by atoms with van der Waals surface area (Å²) in [5.74, 6) is 0.212. The lowest BCUT2D eigenvalue weighted by molar-refractivity contribution is 0.0964. The lowest BCUT2D eigenvalue weighted by Crippen LogP contribution is -2.43. The highest BCUT2D eigenvalue weighted by molar-refractivity contribution is 5.78. The van der Waals surface area contributed by atoms with E-state index >= 15 is 0 Å². The summed E-state index contributed by atoms with van der Waals surface area (Å²) in [5, 5.41) is 3.25. The zero-order valence-electron chi connectivity index (χ0n) is 11.6. The number of aromatic nitrogens is 1. The van der Waals surface area contributed by atoms with Gasteiger partial charge in [0, 0.05) is 45.4 Å². The summed E-state index contributed by atoms with van der Waals surface area (Å²) in [6.45, 7) is 5.15. The molecule has 1 aliphatic rings. The van der Waals surface area contributed by atoms with Crippen LogP contribution in [0.3, 0.4) is 0 Å². The molecule has 1 atom stereocenters. The summed E-state index contributed by atoms with van der Waals surface area (Å²) in [7, 11) is 1.59. The Bertz CT molecular complexity index is 608. The van der Waals surface area contributed by atoms with Crippen molar-refractivity contribution >= 4 is 16.8 Å². The van der Waals surface area contributed by atoms with E-state index in [0.29, 0.717) is 22.7 Å². The number of fused-ring (bicyclic) bond motifs is 1. The molecule has 3 rings (SSSR count). The molecule has 6 heteroatoms. The molecule has 0 saturated carbocycles. The number of benzene rings is 1. The molecule has 20 heavy (non-hydrogen) atoms. The molecule has 5 nitrogen and oxygen atoms in total. The molecular formula is C14H18FN3O2.